The second-order valence-electron chi connectivity index (χ2n) is 18.8. The molecule has 413 valence electrons. The number of aromatic nitrogens is 3. The normalized spacial score (nSPS) is 12.0. The number of allylic oxidation sites excluding steroid dienone is 4. The Bertz CT molecular complexity index is 3520. The van der Waals surface area contributed by atoms with Crippen molar-refractivity contribution < 1.29 is 88.9 Å². The third-order valence-electron chi connectivity index (χ3n) is 12.1. The Kier molecular flexibility index (Phi) is 27.8. The molecular formula is C66H61F2Ir3N4O4-3. The van der Waals surface area contributed by atoms with Crippen molar-refractivity contribution in [2.75, 3.05) is 0 Å². The van der Waals surface area contributed by atoms with Gasteiger partial charge in [0.25, 0.3) is 0 Å². The van der Waals surface area contributed by atoms with E-state index in [1.54, 1.807) is 30.3 Å². The van der Waals surface area contributed by atoms with E-state index in [0.717, 1.165) is 56.5 Å². The van der Waals surface area contributed by atoms with Gasteiger partial charge in [0.1, 0.15) is 0 Å². The van der Waals surface area contributed by atoms with Crippen LogP contribution in [-0.2, 0) is 69.9 Å². The number of ketones is 2. The molecule has 0 bridgehead atoms. The first kappa shape index (κ1) is 66.5. The fraction of sp³-hybridized carbons (Fsp3) is 0.212. The Labute approximate surface area is 503 Å². The Morgan fingerprint density at radius 3 is 1.75 bits per heavy atom. The van der Waals surface area contributed by atoms with Crippen molar-refractivity contribution in [1.29, 1.82) is 5.26 Å². The summed E-state index contributed by atoms with van der Waals surface area (Å²) in [5, 5.41) is 28.8. The zero-order valence-electron chi connectivity index (χ0n) is 45.0. The summed E-state index contributed by atoms with van der Waals surface area (Å²) in [7, 11) is 0. The van der Waals surface area contributed by atoms with E-state index in [0.29, 0.717) is 22.7 Å². The van der Waals surface area contributed by atoms with E-state index in [9.17, 15) is 18.4 Å². The molecule has 3 aromatic heterocycles. The van der Waals surface area contributed by atoms with Crippen LogP contribution in [0, 0.1) is 48.1 Å². The Balaban J connectivity index is 0.000000274. The summed E-state index contributed by atoms with van der Waals surface area (Å²) in [4.78, 5) is 34.0. The number of aryl methyl sites for hydroxylation is 1. The number of carbonyl (C=O) groups is 2. The van der Waals surface area contributed by atoms with Crippen LogP contribution in [0.15, 0.2) is 169 Å². The maximum absolute atomic E-state index is 13.2. The molecular weight excluding hydrogens is 1530 g/mol. The molecule has 1 fully saturated rings. The van der Waals surface area contributed by atoms with Gasteiger partial charge in [-0.3, -0.25) is 24.5 Å². The van der Waals surface area contributed by atoms with Crippen LogP contribution in [-0.4, -0.2) is 36.7 Å². The second kappa shape index (κ2) is 33.0. The first-order valence-electron chi connectivity index (χ1n) is 25.2. The van der Waals surface area contributed by atoms with Gasteiger partial charge in [0.2, 0.25) is 0 Å². The zero-order valence-corrected chi connectivity index (χ0v) is 52.1. The molecule has 2 N–H and O–H groups in total. The molecule has 0 aliphatic heterocycles. The molecule has 6 aromatic carbocycles. The summed E-state index contributed by atoms with van der Waals surface area (Å²) in [6.07, 6.45) is 9.18. The van der Waals surface area contributed by atoms with Gasteiger partial charge in [-0.25, -0.2) is 8.78 Å². The van der Waals surface area contributed by atoms with Crippen LogP contribution in [0.5, 0.6) is 0 Å². The average Bonchev–Trinajstić information content (AvgIpc) is 3.41. The predicted molar refractivity (Wildman–Crippen MR) is 301 cm³/mol. The summed E-state index contributed by atoms with van der Waals surface area (Å²) >= 11 is 0. The van der Waals surface area contributed by atoms with Crippen molar-refractivity contribution in [2.24, 2.45) is 0 Å². The van der Waals surface area contributed by atoms with Crippen LogP contribution >= 0.6 is 0 Å². The molecule has 0 amide bonds. The summed E-state index contributed by atoms with van der Waals surface area (Å²) in [6, 6.07) is 57.5. The SMILES string of the molecule is CC(=O)C=C(C)O.CC(=O)C=C(C)O.Cc1[c-]c(-c2nc3ccccc3cc2C(C)C)ccc1.N#Cc1ccc2nc(-c3[c-]c(F)cc(F)c3)ccc2c1.[Ir].[Ir].[Ir].[c-]1ccccc1-c1ccc2cc(C3CCCCC3)ccc2n1. The molecule has 9 aromatic rings. The number of pyridine rings is 3. The van der Waals surface area contributed by atoms with Crippen molar-refractivity contribution >= 4 is 44.3 Å². The van der Waals surface area contributed by atoms with Gasteiger partial charge in [0.05, 0.1) is 39.7 Å². The summed E-state index contributed by atoms with van der Waals surface area (Å²) < 4.78 is 26.4. The first-order chi connectivity index (χ1) is 36.5. The van der Waals surface area contributed by atoms with Gasteiger partial charge in [0.15, 0.2) is 11.6 Å². The number of aliphatic hydroxyl groups excluding tert-OH is 2. The fourth-order valence-electron chi connectivity index (χ4n) is 8.62. The van der Waals surface area contributed by atoms with Crippen molar-refractivity contribution in [3.8, 4) is 39.8 Å². The molecule has 1 aliphatic carbocycles. The third kappa shape index (κ3) is 20.8. The molecule has 13 heteroatoms. The maximum atomic E-state index is 13.2. The van der Waals surface area contributed by atoms with E-state index in [2.05, 4.69) is 123 Å². The minimum Gasteiger partial charge on any atom is -0.512 e. The number of carbonyl (C=O) groups excluding carboxylic acids is 2. The zero-order chi connectivity index (χ0) is 54.7. The Morgan fingerprint density at radius 1 is 0.620 bits per heavy atom. The van der Waals surface area contributed by atoms with E-state index in [1.807, 2.05) is 30.3 Å². The molecule has 79 heavy (non-hydrogen) atoms. The fourth-order valence-corrected chi connectivity index (χ4v) is 8.62. The molecule has 1 saturated carbocycles. The van der Waals surface area contributed by atoms with Crippen LogP contribution in [0.25, 0.3) is 66.5 Å². The smallest absolute Gasteiger partial charge is 0.155 e. The van der Waals surface area contributed by atoms with Gasteiger partial charge < -0.3 is 10.2 Å². The molecule has 0 unspecified atom stereocenters. The molecule has 3 heterocycles. The van der Waals surface area contributed by atoms with Crippen LogP contribution in [0.4, 0.5) is 8.78 Å². The number of benzene rings is 6. The third-order valence-corrected chi connectivity index (χ3v) is 12.1. The van der Waals surface area contributed by atoms with Crippen LogP contribution in [0.2, 0.25) is 0 Å². The summed E-state index contributed by atoms with van der Waals surface area (Å²) in [5.74, 6) is -0.365. The summed E-state index contributed by atoms with van der Waals surface area (Å²) in [6.45, 7) is 12.2. The van der Waals surface area contributed by atoms with Crippen molar-refractivity contribution in [2.45, 2.75) is 92.4 Å². The Hall–Kier alpha value is -6.73. The van der Waals surface area contributed by atoms with E-state index < -0.39 is 11.6 Å². The molecule has 8 nitrogen and oxygen atoms in total. The molecule has 0 atom stereocenters. The number of halogens is 2. The molecule has 0 saturated heterocycles. The van der Waals surface area contributed by atoms with Gasteiger partial charge in [-0.1, -0.05) is 106 Å². The topological polar surface area (TPSA) is 137 Å². The minimum absolute atomic E-state index is 0. The van der Waals surface area contributed by atoms with Gasteiger partial charge in [-0.15, -0.1) is 89.0 Å². The molecule has 0 spiro atoms. The van der Waals surface area contributed by atoms with Crippen LogP contribution in [0.1, 0.15) is 108 Å². The number of aliphatic hydroxyl groups is 2. The summed E-state index contributed by atoms with van der Waals surface area (Å²) in [5.41, 5.74) is 12.1. The van der Waals surface area contributed by atoms with Crippen LogP contribution in [0.3, 0.4) is 0 Å². The van der Waals surface area contributed by atoms with Gasteiger partial charge in [-0.05, 0) is 128 Å². The largest absolute Gasteiger partial charge is 0.512 e. The van der Waals surface area contributed by atoms with E-state index in [-0.39, 0.29) is 89.0 Å². The number of hydrogen-bond donors (Lipinski definition) is 2. The minimum atomic E-state index is -0.762. The number of rotatable bonds is 7. The predicted octanol–water partition coefficient (Wildman–Crippen LogP) is 16.8. The van der Waals surface area contributed by atoms with Crippen molar-refractivity contribution in [3.05, 3.63) is 221 Å². The van der Waals surface area contributed by atoms with Gasteiger partial charge >= 0.3 is 0 Å². The number of para-hydroxylation sites is 1. The van der Waals surface area contributed by atoms with E-state index >= 15 is 0 Å². The van der Waals surface area contributed by atoms with Gasteiger partial charge in [-0.2, -0.15) is 5.26 Å². The van der Waals surface area contributed by atoms with Crippen molar-refractivity contribution in [3.63, 3.8) is 0 Å². The number of nitrogens with zero attached hydrogens (tertiary/aromatic N) is 4. The quantitative estimate of drug-likeness (QED) is 0.0914. The first-order valence-corrected chi connectivity index (χ1v) is 25.2. The monoisotopic (exact) mass is 1590 g/mol. The average molecular weight is 1590 g/mol. The molecule has 10 rings (SSSR count). The maximum Gasteiger partial charge on any atom is 0.155 e. The molecule has 1 aliphatic rings. The van der Waals surface area contributed by atoms with Crippen molar-refractivity contribution in [1.82, 2.24) is 15.0 Å². The number of fused-ring (bicyclic) bond motifs is 3. The van der Waals surface area contributed by atoms with E-state index in [1.165, 1.54) is 99.9 Å². The number of nitriles is 1. The van der Waals surface area contributed by atoms with E-state index in [4.69, 9.17) is 25.4 Å². The second-order valence-corrected chi connectivity index (χ2v) is 18.8. The standard InChI is InChI=1S/C21H20N.C19H18N.C16H7F2N2.2C5H8O2.3Ir/c1-3-7-16(8-4-1)18-11-13-21-19(15-18)12-14-20(22-21)17-9-5-2-6-10-17;1-13(2)17-12-15-8-4-5-10-18(15)20-19(17)16-9-6-7-14(3)11-16;17-13-6-12(7-14(18)8-13)16-4-2-11-5-10(9-19)1-3-15(11)20-16;2*1-4(6)3-5(2)7;;;/h2,5-6,9,11-16H,1,3-4,7-8H2;4-10,12-13H,1-3H3;1-6,8H;2*3,6H,1-2H3;;;/q3*-1;;;;;. The van der Waals surface area contributed by atoms with Crippen LogP contribution < -0.4 is 0 Å². The van der Waals surface area contributed by atoms with Gasteiger partial charge in [0, 0.05) is 84.1 Å². The molecule has 3 radical (unpaired) electrons. The Morgan fingerprint density at radius 2 is 1.19 bits per heavy atom. The number of hydrogen-bond acceptors (Lipinski definition) is 8.